The smallest absolute Gasteiger partial charge is 0.408 e. The Morgan fingerprint density at radius 1 is 1.33 bits per heavy atom. The lowest BCUT2D eigenvalue weighted by molar-refractivity contribution is -0.141. The number of carbonyl (C=O) groups excluding carboxylic acids is 2. The van der Waals surface area contributed by atoms with Crippen LogP contribution in [0.4, 0.5) is 0 Å². The van der Waals surface area contributed by atoms with E-state index in [1.165, 1.54) is 4.57 Å². The summed E-state index contributed by atoms with van der Waals surface area (Å²) >= 11 is 0. The third-order valence-corrected chi connectivity index (χ3v) is 5.36. The van der Waals surface area contributed by atoms with E-state index in [-0.39, 0.29) is 18.9 Å². The molecule has 0 aliphatic carbocycles. The van der Waals surface area contributed by atoms with Gasteiger partial charge in [-0.3, -0.25) is 14.2 Å². The molecule has 0 saturated carbocycles. The van der Waals surface area contributed by atoms with E-state index < -0.39 is 17.1 Å². The first-order chi connectivity index (χ1) is 13.0. The number of carbonyl (C=O) groups is 2. The molecule has 1 aromatic heterocycles. The number of oxazole rings is 1. The molecule has 1 aliphatic rings. The van der Waals surface area contributed by atoms with E-state index in [9.17, 15) is 14.4 Å². The predicted molar refractivity (Wildman–Crippen MR) is 99.0 cm³/mol. The monoisotopic (exact) mass is 375 g/mol. The molecule has 1 aromatic carbocycles. The maximum Gasteiger partial charge on any atom is 0.419 e. The lowest BCUT2D eigenvalue weighted by atomic mass is 9.76. The maximum atomic E-state index is 12.7. The van der Waals surface area contributed by atoms with Crippen molar-refractivity contribution in [2.24, 2.45) is 11.1 Å². The third kappa shape index (κ3) is 3.90. The van der Waals surface area contributed by atoms with Crippen LogP contribution in [0.15, 0.2) is 33.5 Å². The minimum atomic E-state index is -0.747. The molecule has 2 amide bonds. The van der Waals surface area contributed by atoms with Gasteiger partial charge in [0.2, 0.25) is 11.8 Å². The number of methoxy groups -OCH3 is 1. The van der Waals surface area contributed by atoms with Crippen molar-refractivity contribution in [2.75, 3.05) is 26.8 Å². The van der Waals surface area contributed by atoms with Crippen molar-refractivity contribution < 1.29 is 18.7 Å². The molecule has 1 unspecified atom stereocenters. The molecular formula is C19H25N3O5. The second-order valence-electron chi connectivity index (χ2n) is 7.04. The number of aromatic nitrogens is 1. The molecule has 2 aromatic rings. The number of hydrogen-bond donors (Lipinski definition) is 1. The summed E-state index contributed by atoms with van der Waals surface area (Å²) in [5.74, 6) is -0.974. The van der Waals surface area contributed by atoms with Gasteiger partial charge >= 0.3 is 5.76 Å². The largest absolute Gasteiger partial charge is 0.419 e. The van der Waals surface area contributed by atoms with Crippen LogP contribution in [0.5, 0.6) is 0 Å². The van der Waals surface area contributed by atoms with Crippen molar-refractivity contribution >= 4 is 22.9 Å². The highest BCUT2D eigenvalue weighted by molar-refractivity contribution is 5.83. The Hall–Kier alpha value is -2.61. The summed E-state index contributed by atoms with van der Waals surface area (Å²) in [5, 5.41) is 0. The van der Waals surface area contributed by atoms with Crippen LogP contribution in [0, 0.1) is 5.41 Å². The van der Waals surface area contributed by atoms with Gasteiger partial charge in [0.1, 0.15) is 0 Å². The van der Waals surface area contributed by atoms with Crippen molar-refractivity contribution in [3.05, 3.63) is 34.8 Å². The van der Waals surface area contributed by atoms with Crippen LogP contribution in [-0.4, -0.2) is 48.1 Å². The van der Waals surface area contributed by atoms with E-state index in [1.807, 2.05) is 6.07 Å². The van der Waals surface area contributed by atoms with Crippen molar-refractivity contribution in [3.8, 4) is 0 Å². The average molecular weight is 375 g/mol. The number of amides is 2. The summed E-state index contributed by atoms with van der Waals surface area (Å²) in [6.07, 6.45) is 2.02. The van der Waals surface area contributed by atoms with Gasteiger partial charge in [0, 0.05) is 39.8 Å². The van der Waals surface area contributed by atoms with Crippen molar-refractivity contribution in [1.82, 2.24) is 9.47 Å². The molecule has 2 N–H and O–H groups in total. The van der Waals surface area contributed by atoms with Crippen LogP contribution in [0.2, 0.25) is 0 Å². The zero-order valence-electron chi connectivity index (χ0n) is 15.5. The SMILES string of the molecule is COCCC1(C(N)=O)CCCN(C(=O)CCn2c(=O)oc3ccccc32)C1. The summed E-state index contributed by atoms with van der Waals surface area (Å²) in [6.45, 7) is 1.53. The first kappa shape index (κ1) is 19.2. The van der Waals surface area contributed by atoms with Crippen LogP contribution in [0.3, 0.4) is 0 Å². The Morgan fingerprint density at radius 2 is 2.11 bits per heavy atom. The molecule has 8 nitrogen and oxygen atoms in total. The molecule has 1 aliphatic heterocycles. The van der Waals surface area contributed by atoms with E-state index >= 15 is 0 Å². The average Bonchev–Trinajstić information content (AvgIpc) is 2.99. The second kappa shape index (κ2) is 7.96. The molecule has 2 heterocycles. The Balaban J connectivity index is 1.69. The number of primary amides is 1. The standard InChI is InChI=1S/C19H25N3O5/c1-26-12-9-19(17(20)24)8-4-10-21(13-19)16(23)7-11-22-14-5-2-3-6-15(14)27-18(22)25/h2-3,5-6H,4,7-13H2,1H3,(H2,20,24). The maximum absolute atomic E-state index is 12.7. The predicted octanol–water partition coefficient (Wildman–Crippen LogP) is 1.12. The number of aryl methyl sites for hydroxylation is 1. The number of para-hydroxylation sites is 2. The van der Waals surface area contributed by atoms with Gasteiger partial charge < -0.3 is 19.8 Å². The first-order valence-corrected chi connectivity index (χ1v) is 9.12. The van der Waals surface area contributed by atoms with Gasteiger partial charge in [-0.05, 0) is 31.4 Å². The van der Waals surface area contributed by atoms with E-state index in [0.717, 1.165) is 0 Å². The van der Waals surface area contributed by atoms with Crippen LogP contribution >= 0.6 is 0 Å². The molecule has 3 rings (SSSR count). The molecule has 0 spiro atoms. The lowest BCUT2D eigenvalue weighted by Gasteiger charge is -2.40. The third-order valence-electron chi connectivity index (χ3n) is 5.36. The molecule has 1 atom stereocenters. The van der Waals surface area contributed by atoms with E-state index in [4.69, 9.17) is 14.9 Å². The highest BCUT2D eigenvalue weighted by atomic mass is 16.5. The topological polar surface area (TPSA) is 108 Å². The molecule has 27 heavy (non-hydrogen) atoms. The summed E-state index contributed by atoms with van der Waals surface area (Å²) in [6, 6.07) is 7.11. The fraction of sp³-hybridized carbons (Fsp3) is 0.526. The van der Waals surface area contributed by atoms with Gasteiger partial charge in [0.05, 0.1) is 10.9 Å². The molecule has 146 valence electrons. The normalized spacial score (nSPS) is 20.1. The van der Waals surface area contributed by atoms with Gasteiger partial charge in [0.15, 0.2) is 5.58 Å². The number of ether oxygens (including phenoxy) is 1. The first-order valence-electron chi connectivity index (χ1n) is 9.12. The van der Waals surface area contributed by atoms with E-state index in [0.29, 0.717) is 50.1 Å². The molecule has 1 saturated heterocycles. The summed E-state index contributed by atoms with van der Waals surface area (Å²) in [5.41, 5.74) is 6.07. The summed E-state index contributed by atoms with van der Waals surface area (Å²) in [4.78, 5) is 38.5. The van der Waals surface area contributed by atoms with Gasteiger partial charge in [-0.2, -0.15) is 0 Å². The van der Waals surface area contributed by atoms with Gasteiger partial charge in [0.25, 0.3) is 0 Å². The van der Waals surface area contributed by atoms with Crippen LogP contribution < -0.4 is 11.5 Å². The number of likely N-dealkylation sites (tertiary alicyclic amines) is 1. The fourth-order valence-corrected chi connectivity index (χ4v) is 3.76. The Morgan fingerprint density at radius 3 is 2.85 bits per heavy atom. The Kier molecular flexibility index (Phi) is 5.65. The molecule has 0 radical (unpaired) electrons. The second-order valence-corrected chi connectivity index (χ2v) is 7.04. The lowest BCUT2D eigenvalue weighted by Crippen LogP contribution is -2.52. The minimum absolute atomic E-state index is 0.102. The van der Waals surface area contributed by atoms with E-state index in [2.05, 4.69) is 0 Å². The van der Waals surface area contributed by atoms with Crippen LogP contribution in [0.25, 0.3) is 11.1 Å². The van der Waals surface area contributed by atoms with Gasteiger partial charge in [-0.25, -0.2) is 4.79 Å². The Labute approximate surface area is 156 Å². The minimum Gasteiger partial charge on any atom is -0.408 e. The molecule has 1 fully saturated rings. The summed E-state index contributed by atoms with van der Waals surface area (Å²) < 4.78 is 11.8. The number of nitrogens with zero attached hydrogens (tertiary/aromatic N) is 2. The van der Waals surface area contributed by atoms with Crippen molar-refractivity contribution in [1.29, 1.82) is 0 Å². The highest BCUT2D eigenvalue weighted by Gasteiger charge is 2.41. The zero-order chi connectivity index (χ0) is 19.4. The number of rotatable bonds is 7. The molecular weight excluding hydrogens is 350 g/mol. The number of benzene rings is 1. The number of piperidine rings is 1. The van der Waals surface area contributed by atoms with Crippen molar-refractivity contribution in [3.63, 3.8) is 0 Å². The van der Waals surface area contributed by atoms with Crippen LogP contribution in [0.1, 0.15) is 25.7 Å². The number of fused-ring (bicyclic) bond motifs is 1. The fourth-order valence-electron chi connectivity index (χ4n) is 3.76. The van der Waals surface area contributed by atoms with Crippen molar-refractivity contribution in [2.45, 2.75) is 32.2 Å². The quantitative estimate of drug-likeness (QED) is 0.780. The highest BCUT2D eigenvalue weighted by Crippen LogP contribution is 2.33. The van der Waals surface area contributed by atoms with Gasteiger partial charge in [-0.15, -0.1) is 0 Å². The molecule has 8 heteroatoms. The van der Waals surface area contributed by atoms with E-state index in [1.54, 1.807) is 30.2 Å². The number of nitrogens with two attached hydrogens (primary N) is 1. The Bertz CT molecular complexity index is 887. The summed E-state index contributed by atoms with van der Waals surface area (Å²) in [7, 11) is 1.58. The van der Waals surface area contributed by atoms with Gasteiger partial charge in [-0.1, -0.05) is 12.1 Å². The van der Waals surface area contributed by atoms with Crippen LogP contribution in [-0.2, 0) is 20.9 Å². The zero-order valence-corrected chi connectivity index (χ0v) is 15.5. The number of hydrogen-bond acceptors (Lipinski definition) is 5. The molecule has 0 bridgehead atoms.